The zero-order chi connectivity index (χ0) is 16.4. The van der Waals surface area contributed by atoms with Crippen molar-refractivity contribution in [2.45, 2.75) is 38.3 Å². The SMILES string of the molecule is C(OCC1CO1)C1CO1.C=CC(=O)OCC(C)OCC(C)O. The van der Waals surface area contributed by atoms with Crippen molar-refractivity contribution in [3.63, 3.8) is 0 Å². The third kappa shape index (κ3) is 11.6. The van der Waals surface area contributed by atoms with Gasteiger partial charge >= 0.3 is 5.97 Å². The number of rotatable bonds is 10. The van der Waals surface area contributed by atoms with E-state index >= 15 is 0 Å². The van der Waals surface area contributed by atoms with Crippen molar-refractivity contribution >= 4 is 5.97 Å². The van der Waals surface area contributed by atoms with Crippen LogP contribution in [0.2, 0.25) is 0 Å². The summed E-state index contributed by atoms with van der Waals surface area (Å²) >= 11 is 0. The van der Waals surface area contributed by atoms with Gasteiger partial charge in [0, 0.05) is 6.08 Å². The smallest absolute Gasteiger partial charge is 0.330 e. The first-order valence-corrected chi connectivity index (χ1v) is 7.41. The summed E-state index contributed by atoms with van der Waals surface area (Å²) in [5, 5.41) is 8.88. The summed E-state index contributed by atoms with van der Waals surface area (Å²) in [7, 11) is 0. The number of esters is 1. The van der Waals surface area contributed by atoms with Crippen molar-refractivity contribution < 1.29 is 33.6 Å². The van der Waals surface area contributed by atoms with E-state index in [4.69, 9.17) is 28.8 Å². The third-order valence-corrected chi connectivity index (χ3v) is 2.66. The predicted molar refractivity (Wildman–Crippen MR) is 78.5 cm³/mol. The molecule has 0 aromatic rings. The minimum absolute atomic E-state index is 0.178. The fraction of sp³-hybridized carbons (Fsp3) is 0.800. The highest BCUT2D eigenvalue weighted by molar-refractivity contribution is 5.81. The minimum Gasteiger partial charge on any atom is -0.460 e. The van der Waals surface area contributed by atoms with Crippen LogP contribution in [0.3, 0.4) is 0 Å². The van der Waals surface area contributed by atoms with Crippen molar-refractivity contribution in [3.05, 3.63) is 12.7 Å². The Morgan fingerprint density at radius 1 is 1.27 bits per heavy atom. The highest BCUT2D eigenvalue weighted by atomic mass is 16.6. The maximum Gasteiger partial charge on any atom is 0.330 e. The lowest BCUT2D eigenvalue weighted by atomic mass is 10.4. The van der Waals surface area contributed by atoms with Crippen LogP contribution in [0.5, 0.6) is 0 Å². The van der Waals surface area contributed by atoms with Gasteiger partial charge in [0.05, 0.1) is 45.2 Å². The van der Waals surface area contributed by atoms with Crippen LogP contribution in [-0.2, 0) is 28.5 Å². The Labute approximate surface area is 131 Å². The normalized spacial score (nSPS) is 24.5. The molecule has 2 fully saturated rings. The maximum atomic E-state index is 10.6. The topological polar surface area (TPSA) is 90.1 Å². The molecule has 0 aliphatic carbocycles. The lowest BCUT2D eigenvalue weighted by molar-refractivity contribution is -0.142. The molecule has 22 heavy (non-hydrogen) atoms. The molecule has 4 atom stereocenters. The van der Waals surface area contributed by atoms with E-state index in [0.717, 1.165) is 32.5 Å². The van der Waals surface area contributed by atoms with Crippen molar-refractivity contribution in [1.82, 2.24) is 0 Å². The van der Waals surface area contributed by atoms with Gasteiger partial charge < -0.3 is 28.8 Å². The number of ether oxygens (including phenoxy) is 5. The molecule has 0 aromatic carbocycles. The second-order valence-electron chi connectivity index (χ2n) is 5.28. The summed E-state index contributed by atoms with van der Waals surface area (Å²) in [5.41, 5.74) is 0. The molecule has 1 N–H and O–H groups in total. The molecule has 0 saturated carbocycles. The molecule has 0 bridgehead atoms. The number of carbonyl (C=O) groups is 1. The Kier molecular flexibility index (Phi) is 9.26. The highest BCUT2D eigenvalue weighted by Crippen LogP contribution is 2.12. The second-order valence-corrected chi connectivity index (χ2v) is 5.28. The Morgan fingerprint density at radius 2 is 1.82 bits per heavy atom. The van der Waals surface area contributed by atoms with Gasteiger partial charge in [0.1, 0.15) is 18.8 Å². The van der Waals surface area contributed by atoms with E-state index in [1.165, 1.54) is 0 Å². The first kappa shape index (κ1) is 19.1. The van der Waals surface area contributed by atoms with Gasteiger partial charge in [0.25, 0.3) is 0 Å². The van der Waals surface area contributed by atoms with E-state index in [-0.39, 0.29) is 19.3 Å². The van der Waals surface area contributed by atoms with Crippen LogP contribution < -0.4 is 0 Å². The Hall–Kier alpha value is -0.990. The van der Waals surface area contributed by atoms with E-state index in [1.54, 1.807) is 13.8 Å². The molecule has 4 unspecified atom stereocenters. The molecule has 128 valence electrons. The van der Waals surface area contributed by atoms with E-state index in [9.17, 15) is 4.79 Å². The molecule has 2 aliphatic heterocycles. The molecule has 2 aliphatic rings. The molecule has 2 saturated heterocycles. The van der Waals surface area contributed by atoms with Crippen LogP contribution >= 0.6 is 0 Å². The molecule has 2 heterocycles. The summed E-state index contributed by atoms with van der Waals surface area (Å²) < 4.78 is 25.0. The fourth-order valence-corrected chi connectivity index (χ4v) is 1.27. The van der Waals surface area contributed by atoms with E-state index in [1.807, 2.05) is 0 Å². The number of carbonyl (C=O) groups excluding carboxylic acids is 1. The number of hydrogen-bond acceptors (Lipinski definition) is 7. The largest absolute Gasteiger partial charge is 0.460 e. The minimum atomic E-state index is -0.502. The van der Waals surface area contributed by atoms with Gasteiger partial charge in [-0.2, -0.15) is 0 Å². The van der Waals surface area contributed by atoms with Gasteiger partial charge in [-0.3, -0.25) is 0 Å². The molecule has 7 heteroatoms. The summed E-state index contributed by atoms with van der Waals surface area (Å²) in [4.78, 5) is 10.6. The van der Waals surface area contributed by atoms with Crippen LogP contribution in [0.15, 0.2) is 12.7 Å². The van der Waals surface area contributed by atoms with Crippen LogP contribution in [0.1, 0.15) is 13.8 Å². The summed E-state index contributed by atoms with van der Waals surface area (Å²) in [6, 6.07) is 0. The maximum absolute atomic E-state index is 10.6. The molecule has 0 aromatic heterocycles. The summed E-state index contributed by atoms with van der Waals surface area (Å²) in [6.07, 6.45) is 1.17. The average Bonchev–Trinajstić information content (AvgIpc) is 3.37. The van der Waals surface area contributed by atoms with Gasteiger partial charge in [-0.15, -0.1) is 0 Å². The van der Waals surface area contributed by atoms with Gasteiger partial charge in [0.15, 0.2) is 0 Å². The molecular weight excluding hydrogens is 292 g/mol. The Morgan fingerprint density at radius 3 is 2.23 bits per heavy atom. The number of hydrogen-bond donors (Lipinski definition) is 1. The van der Waals surface area contributed by atoms with Crippen molar-refractivity contribution in [3.8, 4) is 0 Å². The predicted octanol–water partition coefficient (Wildman–Crippen LogP) is 0.302. The number of aliphatic hydroxyl groups excluding tert-OH is 1. The molecular formula is C15H26O7. The van der Waals surface area contributed by atoms with Crippen LogP contribution in [0, 0.1) is 0 Å². The van der Waals surface area contributed by atoms with E-state index in [0.29, 0.717) is 12.2 Å². The van der Waals surface area contributed by atoms with Crippen molar-refractivity contribution in [2.24, 2.45) is 0 Å². The molecule has 0 amide bonds. The van der Waals surface area contributed by atoms with Crippen molar-refractivity contribution in [2.75, 3.05) is 39.6 Å². The van der Waals surface area contributed by atoms with Crippen LogP contribution in [0.4, 0.5) is 0 Å². The molecule has 0 radical (unpaired) electrons. The standard InChI is InChI=1S/C9H16O4.C6H10O3/c1-4-9(11)13-6-8(3)12-5-7(2)10;1(5-3-8-5)7-2-6-4-9-6/h4,7-8,10H,1,5-6H2,2-3H3;5-6H,1-4H2. The van der Waals surface area contributed by atoms with Gasteiger partial charge in [-0.25, -0.2) is 4.79 Å². The number of aliphatic hydroxyl groups is 1. The van der Waals surface area contributed by atoms with Gasteiger partial charge in [0.2, 0.25) is 0 Å². The van der Waals surface area contributed by atoms with Crippen LogP contribution in [0.25, 0.3) is 0 Å². The molecule has 2 rings (SSSR count). The molecule has 7 nitrogen and oxygen atoms in total. The Balaban J connectivity index is 0.000000231. The third-order valence-electron chi connectivity index (χ3n) is 2.66. The average molecular weight is 318 g/mol. The summed E-state index contributed by atoms with van der Waals surface area (Å²) in [6.45, 7) is 10.3. The second kappa shape index (κ2) is 10.7. The lowest BCUT2D eigenvalue weighted by Crippen LogP contribution is -2.22. The first-order valence-electron chi connectivity index (χ1n) is 7.41. The number of epoxide rings is 2. The lowest BCUT2D eigenvalue weighted by Gasteiger charge is -2.13. The van der Waals surface area contributed by atoms with E-state index < -0.39 is 12.1 Å². The van der Waals surface area contributed by atoms with Gasteiger partial charge in [-0.05, 0) is 13.8 Å². The fourth-order valence-electron chi connectivity index (χ4n) is 1.27. The van der Waals surface area contributed by atoms with Gasteiger partial charge in [-0.1, -0.05) is 6.58 Å². The zero-order valence-corrected chi connectivity index (χ0v) is 13.2. The van der Waals surface area contributed by atoms with E-state index in [2.05, 4.69) is 6.58 Å². The highest BCUT2D eigenvalue weighted by Gasteiger charge is 2.26. The zero-order valence-electron chi connectivity index (χ0n) is 13.2. The van der Waals surface area contributed by atoms with Crippen molar-refractivity contribution in [1.29, 1.82) is 0 Å². The molecule has 0 spiro atoms. The monoisotopic (exact) mass is 318 g/mol. The van der Waals surface area contributed by atoms with Crippen LogP contribution in [-0.4, -0.2) is 75.1 Å². The first-order chi connectivity index (χ1) is 10.5. The Bertz CT molecular complexity index is 312. The summed E-state index contributed by atoms with van der Waals surface area (Å²) in [5.74, 6) is -0.465. The quantitative estimate of drug-likeness (QED) is 0.352.